The van der Waals surface area contributed by atoms with Crippen molar-refractivity contribution in [1.82, 2.24) is 10.6 Å². The van der Waals surface area contributed by atoms with Gasteiger partial charge in [-0.15, -0.1) is 0 Å². The van der Waals surface area contributed by atoms with Gasteiger partial charge in [-0.1, -0.05) is 37.3 Å². The minimum Gasteiger partial charge on any atom is -0.463 e. The van der Waals surface area contributed by atoms with Gasteiger partial charge in [-0.2, -0.15) is 0 Å². The monoisotopic (exact) mass is 378 g/mol. The van der Waals surface area contributed by atoms with Gasteiger partial charge in [0.2, 0.25) is 0 Å². The highest BCUT2D eigenvalue weighted by Crippen LogP contribution is 2.28. The Labute approximate surface area is 160 Å². The highest BCUT2D eigenvalue weighted by molar-refractivity contribution is 5.87. The van der Waals surface area contributed by atoms with Crippen LogP contribution in [0.2, 0.25) is 0 Å². The van der Waals surface area contributed by atoms with Crippen molar-refractivity contribution in [2.75, 3.05) is 26.3 Å². The van der Waals surface area contributed by atoms with E-state index in [4.69, 9.17) is 9.47 Å². The molecule has 0 radical (unpaired) electrons. The molecule has 0 bridgehead atoms. The first-order valence-electron chi connectivity index (χ1n) is 9.16. The van der Waals surface area contributed by atoms with Crippen LogP contribution in [0, 0.1) is 5.41 Å². The van der Waals surface area contributed by atoms with Crippen molar-refractivity contribution in [2.45, 2.75) is 45.3 Å². The van der Waals surface area contributed by atoms with Crippen LogP contribution in [0.3, 0.4) is 0 Å². The van der Waals surface area contributed by atoms with Gasteiger partial charge >= 0.3 is 12.1 Å². The summed E-state index contributed by atoms with van der Waals surface area (Å²) in [6.07, 6.45) is 0.0862. The van der Waals surface area contributed by atoms with Crippen LogP contribution in [-0.4, -0.2) is 49.1 Å². The average Bonchev–Trinajstić information content (AvgIpc) is 3.04. The number of amides is 1. The molecule has 2 atom stereocenters. The van der Waals surface area contributed by atoms with Gasteiger partial charge in [0.1, 0.15) is 5.60 Å². The maximum Gasteiger partial charge on any atom is 0.408 e. The van der Waals surface area contributed by atoms with Crippen molar-refractivity contribution in [2.24, 2.45) is 5.41 Å². The van der Waals surface area contributed by atoms with Crippen LogP contribution < -0.4 is 10.6 Å². The molecule has 0 aromatic heterocycles. The van der Waals surface area contributed by atoms with Crippen LogP contribution in [0.4, 0.5) is 4.79 Å². The average molecular weight is 378 g/mol. The number of esters is 1. The number of carbonyl (C=O) groups is 2. The summed E-state index contributed by atoms with van der Waals surface area (Å²) < 4.78 is 10.8. The van der Waals surface area contributed by atoms with Crippen molar-refractivity contribution in [3.05, 3.63) is 35.9 Å². The SMILES string of the molecule is CC(C)(C)OC(=O)NC(CO)(C(=O)OC[C@@]1(C)CCNC1)c1ccccc1. The zero-order chi connectivity index (χ0) is 20.1. The van der Waals surface area contributed by atoms with E-state index in [9.17, 15) is 14.7 Å². The highest BCUT2D eigenvalue weighted by atomic mass is 16.6. The number of hydrogen-bond acceptors (Lipinski definition) is 6. The smallest absolute Gasteiger partial charge is 0.408 e. The summed E-state index contributed by atoms with van der Waals surface area (Å²) in [6.45, 7) is 8.37. The van der Waals surface area contributed by atoms with Gasteiger partial charge in [0.25, 0.3) is 0 Å². The first kappa shape index (κ1) is 21.2. The molecule has 7 nitrogen and oxygen atoms in total. The van der Waals surface area contributed by atoms with Crippen molar-refractivity contribution >= 4 is 12.1 Å². The molecular formula is C20H30N2O5. The fourth-order valence-electron chi connectivity index (χ4n) is 2.99. The van der Waals surface area contributed by atoms with E-state index in [1.165, 1.54) is 0 Å². The Balaban J connectivity index is 2.25. The number of nitrogens with one attached hydrogen (secondary N) is 2. The summed E-state index contributed by atoms with van der Waals surface area (Å²) in [6, 6.07) is 8.56. The molecule has 2 rings (SSSR count). The Morgan fingerprint density at radius 3 is 2.44 bits per heavy atom. The quantitative estimate of drug-likeness (QED) is 0.655. The topological polar surface area (TPSA) is 96.9 Å². The number of carbonyl (C=O) groups excluding carboxylic acids is 2. The molecule has 1 aliphatic heterocycles. The van der Waals surface area contributed by atoms with E-state index in [0.717, 1.165) is 19.5 Å². The van der Waals surface area contributed by atoms with Crippen LogP contribution >= 0.6 is 0 Å². The maximum atomic E-state index is 13.0. The summed E-state index contributed by atoms with van der Waals surface area (Å²) in [4.78, 5) is 25.4. The summed E-state index contributed by atoms with van der Waals surface area (Å²) in [5.41, 5.74) is -2.21. The van der Waals surface area contributed by atoms with E-state index < -0.39 is 29.8 Å². The molecule has 1 aliphatic rings. The molecule has 1 aromatic rings. The summed E-state index contributed by atoms with van der Waals surface area (Å²) in [7, 11) is 0. The van der Waals surface area contributed by atoms with Crippen LogP contribution in [0.25, 0.3) is 0 Å². The summed E-state index contributed by atoms with van der Waals surface area (Å²) in [5, 5.41) is 15.9. The summed E-state index contributed by atoms with van der Waals surface area (Å²) >= 11 is 0. The number of hydrogen-bond donors (Lipinski definition) is 3. The minimum absolute atomic E-state index is 0.167. The van der Waals surface area contributed by atoms with Crippen LogP contribution in [0.1, 0.15) is 39.7 Å². The lowest BCUT2D eigenvalue weighted by molar-refractivity contribution is -0.157. The van der Waals surface area contributed by atoms with Gasteiger partial charge in [0.15, 0.2) is 5.54 Å². The normalized spacial score (nSPS) is 22.0. The summed E-state index contributed by atoms with van der Waals surface area (Å²) in [5.74, 6) is -0.713. The maximum absolute atomic E-state index is 13.0. The van der Waals surface area contributed by atoms with Crippen molar-refractivity contribution < 1.29 is 24.2 Å². The molecular weight excluding hydrogens is 348 g/mol. The third-order valence-electron chi connectivity index (χ3n) is 4.58. The number of benzene rings is 1. The molecule has 0 aliphatic carbocycles. The second-order valence-corrected chi connectivity index (χ2v) is 8.37. The molecule has 1 fully saturated rings. The molecule has 1 saturated heterocycles. The van der Waals surface area contributed by atoms with Gasteiger partial charge < -0.3 is 19.9 Å². The lowest BCUT2D eigenvalue weighted by Crippen LogP contribution is -2.56. The molecule has 1 heterocycles. The van der Waals surface area contributed by atoms with Crippen LogP contribution in [0.15, 0.2) is 30.3 Å². The van der Waals surface area contributed by atoms with E-state index in [-0.39, 0.29) is 12.0 Å². The van der Waals surface area contributed by atoms with Gasteiger partial charge in [-0.3, -0.25) is 5.32 Å². The van der Waals surface area contributed by atoms with E-state index in [0.29, 0.717) is 5.56 Å². The zero-order valence-electron chi connectivity index (χ0n) is 16.5. The second kappa shape index (κ2) is 8.27. The fraction of sp³-hybridized carbons (Fsp3) is 0.600. The van der Waals surface area contributed by atoms with E-state index in [1.54, 1.807) is 51.1 Å². The number of alkyl carbamates (subject to hydrolysis) is 1. The van der Waals surface area contributed by atoms with Crippen molar-refractivity contribution in [3.63, 3.8) is 0 Å². The molecule has 0 saturated carbocycles. The zero-order valence-corrected chi connectivity index (χ0v) is 16.5. The molecule has 150 valence electrons. The Morgan fingerprint density at radius 2 is 1.93 bits per heavy atom. The van der Waals surface area contributed by atoms with Gasteiger partial charge in [0.05, 0.1) is 13.2 Å². The number of aliphatic hydroxyl groups is 1. The Hall–Kier alpha value is -2.12. The minimum atomic E-state index is -1.73. The first-order valence-corrected chi connectivity index (χ1v) is 9.16. The Kier molecular flexibility index (Phi) is 6.49. The molecule has 27 heavy (non-hydrogen) atoms. The number of rotatable bonds is 6. The standard InChI is InChI=1S/C20H30N2O5/c1-18(2,3)27-17(25)22-20(13-23,15-8-6-5-7-9-15)16(24)26-14-19(4)10-11-21-12-19/h5-9,21,23H,10-14H2,1-4H3,(H,22,25)/t19-,20?/m0/s1. The number of aliphatic hydroxyl groups excluding tert-OH is 1. The van der Waals surface area contributed by atoms with Gasteiger partial charge in [0, 0.05) is 12.0 Å². The van der Waals surface area contributed by atoms with Crippen molar-refractivity contribution in [1.29, 1.82) is 0 Å². The predicted octanol–water partition coefficient (Wildman–Crippen LogP) is 1.94. The predicted molar refractivity (Wildman–Crippen MR) is 101 cm³/mol. The molecule has 1 unspecified atom stereocenters. The Bertz CT molecular complexity index is 650. The first-order chi connectivity index (χ1) is 12.6. The van der Waals surface area contributed by atoms with Crippen LogP contribution in [0.5, 0.6) is 0 Å². The molecule has 1 aromatic carbocycles. The third-order valence-corrected chi connectivity index (χ3v) is 4.58. The van der Waals surface area contributed by atoms with Gasteiger partial charge in [-0.05, 0) is 39.3 Å². The van der Waals surface area contributed by atoms with Gasteiger partial charge in [-0.25, -0.2) is 9.59 Å². The molecule has 7 heteroatoms. The molecule has 0 spiro atoms. The fourth-order valence-corrected chi connectivity index (χ4v) is 2.99. The molecule has 1 amide bonds. The van der Waals surface area contributed by atoms with Crippen molar-refractivity contribution in [3.8, 4) is 0 Å². The van der Waals surface area contributed by atoms with E-state index >= 15 is 0 Å². The third kappa shape index (κ3) is 5.43. The van der Waals surface area contributed by atoms with Crippen LogP contribution in [-0.2, 0) is 19.8 Å². The Morgan fingerprint density at radius 1 is 1.26 bits per heavy atom. The molecule has 3 N–H and O–H groups in total. The largest absolute Gasteiger partial charge is 0.463 e. The van der Waals surface area contributed by atoms with E-state index in [1.807, 2.05) is 6.92 Å². The lowest BCUT2D eigenvalue weighted by Gasteiger charge is -2.33. The van der Waals surface area contributed by atoms with E-state index in [2.05, 4.69) is 10.6 Å². The number of ether oxygens (including phenoxy) is 2. The highest BCUT2D eigenvalue weighted by Gasteiger charge is 2.45. The second-order valence-electron chi connectivity index (χ2n) is 8.37. The lowest BCUT2D eigenvalue weighted by atomic mass is 9.89.